The van der Waals surface area contributed by atoms with E-state index in [0.29, 0.717) is 5.41 Å². The van der Waals surface area contributed by atoms with E-state index < -0.39 is 0 Å². The van der Waals surface area contributed by atoms with Gasteiger partial charge in [0.25, 0.3) is 0 Å². The number of halogens is 2. The SMILES string of the molecule is CC(C)(C)C1=CC[C-]=C1.CC(C)(C)c1[c-]c2c(cc1)-c1ccc(C(C)(C)C)cc1C2.C[C](C)=[Zr+2].Cl.Cl. The molecule has 0 spiro atoms. The summed E-state index contributed by atoms with van der Waals surface area (Å²) in [7, 11) is 0. The molecule has 4 rings (SSSR count). The Bertz CT molecular complexity index is 1020. The van der Waals surface area contributed by atoms with Crippen LogP contribution in [0.25, 0.3) is 11.1 Å². The molecule has 0 aliphatic heterocycles. The largest absolute Gasteiger partial charge is 0.147 e. The maximum absolute atomic E-state index is 3.67. The van der Waals surface area contributed by atoms with Crippen LogP contribution < -0.4 is 0 Å². The van der Waals surface area contributed by atoms with Crippen molar-refractivity contribution < 1.29 is 24.2 Å². The fourth-order valence-electron chi connectivity index (χ4n) is 3.95. The quantitative estimate of drug-likeness (QED) is 0.224. The van der Waals surface area contributed by atoms with E-state index >= 15 is 0 Å². The van der Waals surface area contributed by atoms with Crippen molar-refractivity contribution in [1.82, 2.24) is 0 Å². The van der Waals surface area contributed by atoms with E-state index in [1.54, 1.807) is 24.2 Å². The zero-order chi connectivity index (χ0) is 25.9. The summed E-state index contributed by atoms with van der Waals surface area (Å²) in [6.45, 7) is 24.5. The molecule has 0 atom stereocenters. The van der Waals surface area contributed by atoms with Gasteiger partial charge in [-0.15, -0.1) is 42.4 Å². The Morgan fingerprint density at radius 1 is 0.778 bits per heavy atom. The molecular weight excluding hydrogens is 558 g/mol. The Labute approximate surface area is 249 Å². The first kappa shape index (κ1) is 35.3. The molecule has 0 radical (unpaired) electrons. The molecule has 0 N–H and O–H groups in total. The summed E-state index contributed by atoms with van der Waals surface area (Å²) in [6, 6.07) is 15.2. The van der Waals surface area contributed by atoms with E-state index in [1.165, 1.54) is 42.2 Å². The zero-order valence-electron chi connectivity index (χ0n) is 24.3. The standard InChI is InChI=1S/C21H25.C9H13.C3H6.2ClH.Zr/c1-20(2,3)16-7-9-18-14(12-16)11-15-13-17(21(4,5)6)8-10-19(15)18;1-9(2,3)8-6-4-5-7-8;1-3-2;;;/h7-10,12H,11H2,1-6H3;6-7H,4H2,1-3H3;1-2H3;2*1H;/q2*-1;;;;+2. The van der Waals surface area contributed by atoms with E-state index in [2.05, 4.69) is 131 Å². The third-order valence-corrected chi connectivity index (χ3v) is 6.03. The van der Waals surface area contributed by atoms with Crippen molar-refractivity contribution >= 4 is 28.0 Å². The van der Waals surface area contributed by atoms with Crippen LogP contribution in [0.2, 0.25) is 0 Å². The van der Waals surface area contributed by atoms with Crippen molar-refractivity contribution in [2.24, 2.45) is 5.41 Å². The molecule has 0 amide bonds. The fraction of sp³-hybridized carbons (Fsp3) is 0.485. The van der Waals surface area contributed by atoms with Crippen LogP contribution in [0.3, 0.4) is 0 Å². The number of hydrogen-bond acceptors (Lipinski definition) is 0. The van der Waals surface area contributed by atoms with Crippen molar-refractivity contribution in [3.63, 3.8) is 0 Å². The Morgan fingerprint density at radius 2 is 1.33 bits per heavy atom. The second-order valence-corrected chi connectivity index (χ2v) is 15.2. The first-order valence-electron chi connectivity index (χ1n) is 12.5. The zero-order valence-corrected chi connectivity index (χ0v) is 28.4. The maximum atomic E-state index is 3.67. The molecule has 2 aromatic rings. The molecule has 0 saturated carbocycles. The second-order valence-electron chi connectivity index (χ2n) is 12.8. The van der Waals surface area contributed by atoms with Crippen LogP contribution >= 0.6 is 24.8 Å². The predicted molar refractivity (Wildman–Crippen MR) is 162 cm³/mol. The number of hydrogen-bond donors (Lipinski definition) is 0. The monoisotopic (exact) mass is 602 g/mol. The van der Waals surface area contributed by atoms with Crippen molar-refractivity contribution in [3.8, 4) is 11.1 Å². The number of benzene rings is 2. The van der Waals surface area contributed by atoms with Gasteiger partial charge in [0.15, 0.2) is 0 Å². The first-order chi connectivity index (χ1) is 15.5. The summed E-state index contributed by atoms with van der Waals surface area (Å²) in [6.07, 6.45) is 9.53. The van der Waals surface area contributed by atoms with Crippen molar-refractivity contribution in [1.29, 1.82) is 0 Å². The third kappa shape index (κ3) is 10.2. The van der Waals surface area contributed by atoms with Gasteiger partial charge in [-0.1, -0.05) is 91.5 Å². The Hall–Kier alpha value is -0.747. The molecule has 0 aromatic heterocycles. The molecule has 3 heteroatoms. The first-order valence-corrected chi connectivity index (χ1v) is 13.7. The average Bonchev–Trinajstić information content (AvgIpc) is 3.33. The van der Waals surface area contributed by atoms with Crippen molar-refractivity contribution in [2.75, 3.05) is 0 Å². The van der Waals surface area contributed by atoms with Gasteiger partial charge in [-0.25, -0.2) is 6.08 Å². The van der Waals surface area contributed by atoms with E-state index in [-0.39, 0.29) is 35.6 Å². The maximum Gasteiger partial charge on any atom is -0.147 e. The molecule has 196 valence electrons. The Kier molecular flexibility index (Phi) is 13.6. The van der Waals surface area contributed by atoms with E-state index in [9.17, 15) is 0 Å². The van der Waals surface area contributed by atoms with Gasteiger partial charge in [-0.3, -0.25) is 6.08 Å². The van der Waals surface area contributed by atoms with Gasteiger partial charge < -0.3 is 0 Å². The van der Waals surface area contributed by atoms with Gasteiger partial charge >= 0.3 is 41.3 Å². The summed E-state index contributed by atoms with van der Waals surface area (Å²) < 4.78 is 1.51. The average molecular weight is 605 g/mol. The van der Waals surface area contributed by atoms with Crippen LogP contribution in [-0.4, -0.2) is 3.21 Å². The molecule has 0 fully saturated rings. The third-order valence-electron chi connectivity index (χ3n) is 6.03. The van der Waals surface area contributed by atoms with Gasteiger partial charge in [0.2, 0.25) is 0 Å². The summed E-state index contributed by atoms with van der Waals surface area (Å²) in [4.78, 5) is 0. The van der Waals surface area contributed by atoms with Gasteiger partial charge in [-0.2, -0.15) is 35.4 Å². The van der Waals surface area contributed by atoms with E-state index in [4.69, 9.17) is 0 Å². The van der Waals surface area contributed by atoms with Gasteiger partial charge in [0.1, 0.15) is 0 Å². The van der Waals surface area contributed by atoms with Crippen LogP contribution in [0, 0.1) is 17.6 Å². The summed E-state index contributed by atoms with van der Waals surface area (Å²) >= 11 is 1.55. The van der Waals surface area contributed by atoms with E-state index in [0.717, 1.165) is 12.8 Å². The summed E-state index contributed by atoms with van der Waals surface area (Å²) in [5, 5.41) is 0. The molecule has 2 aliphatic carbocycles. The fourth-order valence-corrected chi connectivity index (χ4v) is 3.95. The smallest absolute Gasteiger partial charge is 0.147 e. The van der Waals surface area contributed by atoms with Gasteiger partial charge in [0, 0.05) is 0 Å². The minimum absolute atomic E-state index is 0. The topological polar surface area (TPSA) is 0 Å². The number of allylic oxidation sites excluding steroid dienone is 4. The summed E-state index contributed by atoms with van der Waals surface area (Å²) in [5.74, 6) is 0. The minimum Gasteiger partial charge on any atom is -0.147 e. The molecule has 0 saturated heterocycles. The van der Waals surface area contributed by atoms with Crippen molar-refractivity contribution in [3.05, 3.63) is 82.5 Å². The van der Waals surface area contributed by atoms with E-state index in [1.807, 2.05) is 0 Å². The van der Waals surface area contributed by atoms with Gasteiger partial charge in [-0.05, 0) is 28.4 Å². The molecule has 0 heterocycles. The minimum atomic E-state index is 0. The van der Waals surface area contributed by atoms with Crippen LogP contribution in [-0.2, 0) is 41.5 Å². The van der Waals surface area contributed by atoms with Gasteiger partial charge in [0.05, 0.1) is 0 Å². The second kappa shape index (κ2) is 13.9. The van der Waals surface area contributed by atoms with Crippen LogP contribution in [0.15, 0.2) is 48.1 Å². The molecule has 2 aromatic carbocycles. The number of fused-ring (bicyclic) bond motifs is 3. The predicted octanol–water partition coefficient (Wildman–Crippen LogP) is 9.96. The molecule has 36 heavy (non-hydrogen) atoms. The number of rotatable bonds is 0. The Balaban J connectivity index is 0.000000686. The normalized spacial score (nSPS) is 13.5. The van der Waals surface area contributed by atoms with Crippen LogP contribution in [0.4, 0.5) is 0 Å². The molecule has 0 unspecified atom stereocenters. The van der Waals surface area contributed by atoms with Crippen LogP contribution in [0.1, 0.15) is 105 Å². The molecule has 2 aliphatic rings. The molecule has 0 bridgehead atoms. The molecular formula is C33H46Cl2Zr. The summed E-state index contributed by atoms with van der Waals surface area (Å²) in [5.41, 5.74) is 10.4. The molecule has 0 nitrogen and oxygen atoms in total. The Morgan fingerprint density at radius 3 is 1.75 bits per heavy atom. The van der Waals surface area contributed by atoms with Crippen molar-refractivity contribution in [2.45, 2.75) is 99.8 Å². The van der Waals surface area contributed by atoms with Crippen LogP contribution in [0.5, 0.6) is 0 Å².